The second-order valence-corrected chi connectivity index (χ2v) is 7.81. The van der Waals surface area contributed by atoms with Crippen molar-refractivity contribution in [3.8, 4) is 0 Å². The van der Waals surface area contributed by atoms with Gasteiger partial charge in [-0.15, -0.1) is 11.3 Å². The number of aromatic nitrogens is 3. The summed E-state index contributed by atoms with van der Waals surface area (Å²) in [6, 6.07) is 4.74. The third-order valence-electron chi connectivity index (χ3n) is 3.57. The minimum absolute atomic E-state index is 0.0544. The highest BCUT2D eigenvalue weighted by Gasteiger charge is 2.17. The predicted molar refractivity (Wildman–Crippen MR) is 107 cm³/mol. The molecule has 0 aliphatic rings. The van der Waals surface area contributed by atoms with Crippen LogP contribution in [0.3, 0.4) is 0 Å². The van der Waals surface area contributed by atoms with E-state index >= 15 is 0 Å². The Hall–Kier alpha value is -3.05. The van der Waals surface area contributed by atoms with Gasteiger partial charge in [0.1, 0.15) is 0 Å². The lowest BCUT2D eigenvalue weighted by Gasteiger charge is -2.04. The van der Waals surface area contributed by atoms with E-state index in [1.165, 1.54) is 35.4 Å². The van der Waals surface area contributed by atoms with Crippen LogP contribution in [0.4, 0.5) is 5.69 Å². The van der Waals surface area contributed by atoms with Crippen LogP contribution in [0.5, 0.6) is 0 Å². The van der Waals surface area contributed by atoms with Gasteiger partial charge in [-0.1, -0.05) is 6.07 Å². The van der Waals surface area contributed by atoms with Crippen molar-refractivity contribution in [2.45, 2.75) is 23.4 Å². The zero-order valence-corrected chi connectivity index (χ0v) is 16.7. The van der Waals surface area contributed by atoms with Gasteiger partial charge in [0, 0.05) is 36.5 Å². The largest absolute Gasteiger partial charge is 0.329 e. The summed E-state index contributed by atoms with van der Waals surface area (Å²) in [5.74, 6) is -0.307. The summed E-state index contributed by atoms with van der Waals surface area (Å²) in [6.45, 7) is 1.87. The highest BCUT2D eigenvalue weighted by molar-refractivity contribution is 7.99. The smallest absolute Gasteiger partial charge is 0.283 e. The zero-order valence-electron chi connectivity index (χ0n) is 15.0. The van der Waals surface area contributed by atoms with E-state index in [0.29, 0.717) is 21.3 Å². The molecule has 28 heavy (non-hydrogen) atoms. The van der Waals surface area contributed by atoms with E-state index in [-0.39, 0.29) is 18.0 Å². The summed E-state index contributed by atoms with van der Waals surface area (Å²) in [7, 11) is 1.82. The van der Waals surface area contributed by atoms with Crippen LogP contribution < -0.4 is 5.43 Å². The lowest BCUT2D eigenvalue weighted by Crippen LogP contribution is -2.19. The number of hydrogen-bond acceptors (Lipinski definition) is 8. The van der Waals surface area contributed by atoms with Crippen molar-refractivity contribution in [1.82, 2.24) is 20.0 Å². The number of hydrogen-bond donors (Lipinski definition) is 1. The van der Waals surface area contributed by atoms with Gasteiger partial charge in [0.25, 0.3) is 5.69 Å². The van der Waals surface area contributed by atoms with Crippen LogP contribution >= 0.6 is 23.1 Å². The van der Waals surface area contributed by atoms with Crippen molar-refractivity contribution in [3.63, 3.8) is 0 Å². The molecule has 0 radical (unpaired) electrons. The SMILES string of the molecule is Cc1nc(CC(=O)NN=Cc2ccc(Sc3nccn3C)c([N+](=O)[O-])c2)cs1. The Morgan fingerprint density at radius 2 is 2.32 bits per heavy atom. The monoisotopic (exact) mass is 416 g/mol. The van der Waals surface area contributed by atoms with Gasteiger partial charge in [0.2, 0.25) is 5.91 Å². The average Bonchev–Trinajstić information content (AvgIpc) is 3.24. The second-order valence-electron chi connectivity index (χ2n) is 5.73. The Bertz CT molecular complexity index is 1040. The maximum atomic E-state index is 11.9. The number of aryl methyl sites for hydroxylation is 2. The van der Waals surface area contributed by atoms with Crippen LogP contribution in [0.2, 0.25) is 0 Å². The molecule has 0 unspecified atom stereocenters. The summed E-state index contributed by atoms with van der Waals surface area (Å²) >= 11 is 2.68. The van der Waals surface area contributed by atoms with Crippen LogP contribution in [-0.2, 0) is 18.3 Å². The molecule has 9 nitrogen and oxygen atoms in total. The Morgan fingerprint density at radius 3 is 2.96 bits per heavy atom. The molecule has 3 rings (SSSR count). The molecule has 0 spiro atoms. The molecule has 144 valence electrons. The lowest BCUT2D eigenvalue weighted by molar-refractivity contribution is -0.387. The van der Waals surface area contributed by atoms with Gasteiger partial charge in [0.05, 0.1) is 33.2 Å². The zero-order chi connectivity index (χ0) is 20.1. The number of benzene rings is 1. The van der Waals surface area contributed by atoms with Gasteiger partial charge in [0.15, 0.2) is 5.16 Å². The van der Waals surface area contributed by atoms with E-state index in [4.69, 9.17) is 0 Å². The Morgan fingerprint density at radius 1 is 1.50 bits per heavy atom. The van der Waals surface area contributed by atoms with Crippen molar-refractivity contribution in [2.24, 2.45) is 12.1 Å². The molecule has 2 heterocycles. The van der Waals surface area contributed by atoms with Gasteiger partial charge < -0.3 is 4.57 Å². The summed E-state index contributed by atoms with van der Waals surface area (Å²) in [6.07, 6.45) is 4.89. The molecule has 0 saturated carbocycles. The maximum absolute atomic E-state index is 11.9. The third kappa shape index (κ3) is 5.02. The number of nitrogens with zero attached hydrogens (tertiary/aromatic N) is 5. The Balaban J connectivity index is 1.67. The minimum atomic E-state index is -0.453. The van der Waals surface area contributed by atoms with Crippen molar-refractivity contribution in [3.05, 3.63) is 62.4 Å². The number of nitro benzene ring substituents is 1. The second kappa shape index (κ2) is 8.76. The highest BCUT2D eigenvalue weighted by atomic mass is 32.2. The fourth-order valence-electron chi connectivity index (χ4n) is 2.26. The van der Waals surface area contributed by atoms with E-state index in [9.17, 15) is 14.9 Å². The number of imidazole rings is 1. The number of thiazole rings is 1. The normalized spacial score (nSPS) is 11.1. The molecule has 1 N–H and O–H groups in total. The highest BCUT2D eigenvalue weighted by Crippen LogP contribution is 2.34. The molecule has 0 atom stereocenters. The number of amides is 1. The number of carbonyl (C=O) groups excluding carboxylic acids is 1. The van der Waals surface area contributed by atoms with E-state index < -0.39 is 4.92 Å². The molecule has 0 aliphatic heterocycles. The van der Waals surface area contributed by atoms with Gasteiger partial charge in [-0.25, -0.2) is 15.4 Å². The van der Waals surface area contributed by atoms with E-state index in [0.717, 1.165) is 5.01 Å². The van der Waals surface area contributed by atoms with Crippen molar-refractivity contribution in [2.75, 3.05) is 0 Å². The average molecular weight is 416 g/mol. The van der Waals surface area contributed by atoms with Crippen LogP contribution in [0.15, 0.2) is 51.1 Å². The summed E-state index contributed by atoms with van der Waals surface area (Å²) in [5.41, 5.74) is 3.53. The number of hydrazone groups is 1. The van der Waals surface area contributed by atoms with Gasteiger partial charge in [-0.3, -0.25) is 14.9 Å². The Kier molecular flexibility index (Phi) is 6.16. The van der Waals surface area contributed by atoms with Gasteiger partial charge in [-0.2, -0.15) is 5.10 Å². The van der Waals surface area contributed by atoms with E-state index in [1.54, 1.807) is 29.1 Å². The topological polar surface area (TPSA) is 115 Å². The molecule has 0 fully saturated rings. The number of rotatable bonds is 7. The lowest BCUT2D eigenvalue weighted by atomic mass is 10.2. The fraction of sp³-hybridized carbons (Fsp3) is 0.176. The first kappa shape index (κ1) is 19.7. The van der Waals surface area contributed by atoms with Gasteiger partial charge in [-0.05, 0) is 24.8 Å². The van der Waals surface area contributed by atoms with Crippen LogP contribution in [0.1, 0.15) is 16.3 Å². The molecule has 1 aromatic carbocycles. The molecule has 2 aromatic heterocycles. The molecule has 1 amide bonds. The first-order chi connectivity index (χ1) is 13.4. The number of carbonyl (C=O) groups is 1. The first-order valence-corrected chi connectivity index (χ1v) is 9.78. The Labute approximate surface area is 168 Å². The molecular formula is C17H16N6O3S2. The summed E-state index contributed by atoms with van der Waals surface area (Å²) in [4.78, 5) is 31.7. The first-order valence-electron chi connectivity index (χ1n) is 8.09. The van der Waals surface area contributed by atoms with Crippen LogP contribution in [-0.4, -0.2) is 31.6 Å². The molecule has 3 aromatic rings. The van der Waals surface area contributed by atoms with Gasteiger partial charge >= 0.3 is 0 Å². The van der Waals surface area contributed by atoms with Crippen LogP contribution in [0.25, 0.3) is 0 Å². The molecule has 11 heteroatoms. The number of nitrogens with one attached hydrogen (secondary N) is 1. The van der Waals surface area contributed by atoms with E-state index in [1.807, 2.05) is 19.4 Å². The fourth-order valence-corrected chi connectivity index (χ4v) is 3.77. The summed E-state index contributed by atoms with van der Waals surface area (Å²) in [5, 5.41) is 18.6. The molecule has 0 aliphatic carbocycles. The number of nitro groups is 1. The molecule has 0 bridgehead atoms. The molecular weight excluding hydrogens is 400 g/mol. The summed E-state index contributed by atoms with van der Waals surface area (Å²) < 4.78 is 1.78. The predicted octanol–water partition coefficient (Wildman–Crippen LogP) is 2.94. The van der Waals surface area contributed by atoms with Crippen molar-refractivity contribution >= 4 is 40.9 Å². The van der Waals surface area contributed by atoms with Crippen LogP contribution in [0, 0.1) is 17.0 Å². The third-order valence-corrected chi connectivity index (χ3v) is 5.53. The van der Waals surface area contributed by atoms with Crippen molar-refractivity contribution < 1.29 is 9.72 Å². The van der Waals surface area contributed by atoms with E-state index in [2.05, 4.69) is 20.5 Å². The molecule has 0 saturated heterocycles. The standard InChI is InChI=1S/C17H16N6O3S2/c1-11-20-13(10-27-11)8-16(24)21-19-9-12-3-4-15(14(7-12)23(25)26)28-17-18-5-6-22(17)2/h3-7,9-10H,8H2,1-2H3,(H,21,24). The maximum Gasteiger partial charge on any atom is 0.283 e. The minimum Gasteiger partial charge on any atom is -0.329 e. The quantitative estimate of drug-likeness (QED) is 0.360. The van der Waals surface area contributed by atoms with Crippen molar-refractivity contribution in [1.29, 1.82) is 0 Å².